The Balaban J connectivity index is 1.85. The molecule has 2 rings (SSSR count). The molecular formula is C22H24F3NO5. The van der Waals surface area contributed by atoms with Crippen molar-refractivity contribution in [3.8, 4) is 0 Å². The highest BCUT2D eigenvalue weighted by Gasteiger charge is 2.29. The first-order valence-corrected chi connectivity index (χ1v) is 9.57. The molecule has 2 aromatic rings. The molecule has 31 heavy (non-hydrogen) atoms. The summed E-state index contributed by atoms with van der Waals surface area (Å²) in [6.07, 6.45) is -6.17. The van der Waals surface area contributed by atoms with Crippen molar-refractivity contribution in [1.29, 1.82) is 0 Å². The molecule has 0 radical (unpaired) electrons. The van der Waals surface area contributed by atoms with Gasteiger partial charge in [-0.2, -0.15) is 13.2 Å². The van der Waals surface area contributed by atoms with E-state index in [9.17, 15) is 27.9 Å². The Morgan fingerprint density at radius 3 is 2.26 bits per heavy atom. The van der Waals surface area contributed by atoms with Gasteiger partial charge in [0.25, 0.3) is 0 Å². The zero-order valence-electron chi connectivity index (χ0n) is 17.1. The number of hydrogen-bond donors (Lipinski definition) is 2. The number of carboxylic acids is 1. The Kier molecular flexibility index (Phi) is 8.44. The lowest BCUT2D eigenvalue weighted by atomic mass is 10.0. The quantitative estimate of drug-likeness (QED) is 0.599. The van der Waals surface area contributed by atoms with E-state index in [0.29, 0.717) is 5.56 Å². The van der Waals surface area contributed by atoms with Crippen LogP contribution in [0.3, 0.4) is 0 Å². The minimum atomic E-state index is -4.42. The number of alkyl carbamates (subject to hydrolysis) is 1. The van der Waals surface area contributed by atoms with Crippen molar-refractivity contribution in [2.24, 2.45) is 0 Å². The molecule has 0 aliphatic rings. The third-order valence-electron chi connectivity index (χ3n) is 4.21. The number of alkyl halides is 3. The number of carbonyl (C=O) groups is 2. The molecular weight excluding hydrogens is 415 g/mol. The van der Waals surface area contributed by atoms with Crippen LogP contribution < -0.4 is 5.32 Å². The van der Waals surface area contributed by atoms with Crippen LogP contribution in [0.4, 0.5) is 18.0 Å². The Bertz CT molecular complexity index is 881. The molecule has 1 atom stereocenters. The molecule has 0 heterocycles. The fourth-order valence-corrected chi connectivity index (χ4v) is 2.77. The number of carboxylic acid groups (broad SMARTS) is 1. The maximum atomic E-state index is 12.6. The molecule has 0 saturated carbocycles. The SMILES string of the molecule is CC(C)OC(Cc1cccc(CNC(=O)OCc2ccc(C(F)(F)F)cc2)c1)C(=O)O. The van der Waals surface area contributed by atoms with Crippen molar-refractivity contribution in [1.82, 2.24) is 5.32 Å². The number of hydrogen-bond acceptors (Lipinski definition) is 4. The van der Waals surface area contributed by atoms with E-state index in [2.05, 4.69) is 5.32 Å². The van der Waals surface area contributed by atoms with Crippen LogP contribution in [0, 0.1) is 0 Å². The summed E-state index contributed by atoms with van der Waals surface area (Å²) in [5.74, 6) is -1.05. The molecule has 0 aliphatic heterocycles. The van der Waals surface area contributed by atoms with Gasteiger partial charge in [-0.15, -0.1) is 0 Å². The molecule has 1 unspecified atom stereocenters. The molecule has 0 fully saturated rings. The van der Waals surface area contributed by atoms with Gasteiger partial charge in [-0.3, -0.25) is 0 Å². The van der Waals surface area contributed by atoms with Crippen molar-refractivity contribution in [2.45, 2.75) is 51.8 Å². The van der Waals surface area contributed by atoms with E-state index in [1.165, 1.54) is 12.1 Å². The van der Waals surface area contributed by atoms with Crippen LogP contribution in [0.25, 0.3) is 0 Å². The maximum Gasteiger partial charge on any atom is 0.416 e. The molecule has 0 bridgehead atoms. The van der Waals surface area contributed by atoms with Crippen molar-refractivity contribution < 1.29 is 37.3 Å². The summed E-state index contributed by atoms with van der Waals surface area (Å²) in [6.45, 7) is 3.48. The first-order chi connectivity index (χ1) is 14.5. The molecule has 9 heteroatoms. The number of carbonyl (C=O) groups excluding carboxylic acids is 1. The molecule has 0 spiro atoms. The highest BCUT2D eigenvalue weighted by Crippen LogP contribution is 2.29. The van der Waals surface area contributed by atoms with Crippen LogP contribution in [0.2, 0.25) is 0 Å². The molecule has 0 saturated heterocycles. The van der Waals surface area contributed by atoms with Gasteiger partial charge in [0.05, 0.1) is 11.7 Å². The minimum absolute atomic E-state index is 0.141. The van der Waals surface area contributed by atoms with E-state index in [1.54, 1.807) is 38.1 Å². The second kappa shape index (κ2) is 10.8. The van der Waals surface area contributed by atoms with Crippen molar-refractivity contribution in [3.63, 3.8) is 0 Å². The van der Waals surface area contributed by atoms with Crippen LogP contribution in [-0.2, 0) is 40.0 Å². The number of nitrogens with one attached hydrogen (secondary N) is 1. The van der Waals surface area contributed by atoms with Crippen molar-refractivity contribution in [2.75, 3.05) is 0 Å². The summed E-state index contributed by atoms with van der Waals surface area (Å²) in [5.41, 5.74) is 1.13. The molecule has 0 aliphatic carbocycles. The van der Waals surface area contributed by atoms with Crippen LogP contribution in [0.15, 0.2) is 48.5 Å². The topological polar surface area (TPSA) is 84.9 Å². The summed E-state index contributed by atoms with van der Waals surface area (Å²) in [4.78, 5) is 23.2. The number of aliphatic carboxylic acids is 1. The van der Waals surface area contributed by atoms with E-state index < -0.39 is 29.9 Å². The first-order valence-electron chi connectivity index (χ1n) is 9.57. The minimum Gasteiger partial charge on any atom is -0.479 e. The second-order valence-electron chi connectivity index (χ2n) is 7.16. The van der Waals surface area contributed by atoms with E-state index >= 15 is 0 Å². The molecule has 168 valence electrons. The van der Waals surface area contributed by atoms with E-state index in [1.807, 2.05) is 0 Å². The summed E-state index contributed by atoms with van der Waals surface area (Å²) < 4.78 is 48.1. The standard InChI is InChI=1S/C22H24F3NO5/c1-14(2)31-19(20(27)28)11-16-4-3-5-17(10-16)12-26-21(29)30-13-15-6-8-18(9-7-15)22(23,24)25/h3-10,14,19H,11-13H2,1-2H3,(H,26,29)(H,27,28). The lowest BCUT2D eigenvalue weighted by Crippen LogP contribution is -2.29. The van der Waals surface area contributed by atoms with Gasteiger partial charge in [0.1, 0.15) is 6.61 Å². The maximum absolute atomic E-state index is 12.6. The number of halogens is 3. The number of rotatable bonds is 9. The van der Waals surface area contributed by atoms with Gasteiger partial charge in [0.2, 0.25) is 0 Å². The van der Waals surface area contributed by atoms with Gasteiger partial charge >= 0.3 is 18.2 Å². The second-order valence-corrected chi connectivity index (χ2v) is 7.16. The molecule has 0 aromatic heterocycles. The smallest absolute Gasteiger partial charge is 0.416 e. The van der Waals surface area contributed by atoms with Crippen LogP contribution in [0.5, 0.6) is 0 Å². The lowest BCUT2D eigenvalue weighted by molar-refractivity contribution is -0.153. The molecule has 2 aromatic carbocycles. The van der Waals surface area contributed by atoms with E-state index in [0.717, 1.165) is 23.3 Å². The fraction of sp³-hybridized carbons (Fsp3) is 0.364. The highest BCUT2D eigenvalue weighted by atomic mass is 19.4. The van der Waals surface area contributed by atoms with E-state index in [4.69, 9.17) is 9.47 Å². The van der Waals surface area contributed by atoms with Gasteiger partial charge < -0.3 is 19.9 Å². The van der Waals surface area contributed by atoms with Gasteiger partial charge in [0.15, 0.2) is 6.10 Å². The lowest BCUT2D eigenvalue weighted by Gasteiger charge is -2.17. The Morgan fingerprint density at radius 1 is 1.03 bits per heavy atom. The summed E-state index contributed by atoms with van der Waals surface area (Å²) in [5, 5.41) is 11.8. The first kappa shape index (κ1) is 24.2. The summed E-state index contributed by atoms with van der Waals surface area (Å²) in [6, 6.07) is 11.4. The van der Waals surface area contributed by atoms with Gasteiger partial charge in [-0.05, 0) is 42.7 Å². The van der Waals surface area contributed by atoms with Crippen molar-refractivity contribution in [3.05, 3.63) is 70.8 Å². The summed E-state index contributed by atoms with van der Waals surface area (Å²) >= 11 is 0. The van der Waals surface area contributed by atoms with Crippen LogP contribution >= 0.6 is 0 Å². The Morgan fingerprint density at radius 2 is 1.68 bits per heavy atom. The zero-order chi connectivity index (χ0) is 23.0. The average Bonchev–Trinajstić information content (AvgIpc) is 2.70. The van der Waals surface area contributed by atoms with Gasteiger partial charge in [-0.1, -0.05) is 36.4 Å². The Labute approximate surface area is 178 Å². The van der Waals surface area contributed by atoms with Crippen LogP contribution in [0.1, 0.15) is 36.1 Å². The largest absolute Gasteiger partial charge is 0.479 e. The average molecular weight is 439 g/mol. The van der Waals surface area contributed by atoms with Crippen LogP contribution in [-0.4, -0.2) is 29.4 Å². The van der Waals surface area contributed by atoms with E-state index in [-0.39, 0.29) is 25.7 Å². The Hall–Kier alpha value is -3.07. The molecule has 6 nitrogen and oxygen atoms in total. The third-order valence-corrected chi connectivity index (χ3v) is 4.21. The molecule has 2 N–H and O–H groups in total. The third kappa shape index (κ3) is 8.29. The predicted octanol–water partition coefficient (Wildman–Crippen LogP) is 4.55. The molecule has 1 amide bonds. The van der Waals surface area contributed by atoms with Gasteiger partial charge in [-0.25, -0.2) is 9.59 Å². The predicted molar refractivity (Wildman–Crippen MR) is 106 cm³/mol. The fourth-order valence-electron chi connectivity index (χ4n) is 2.77. The monoisotopic (exact) mass is 439 g/mol. The normalized spacial score (nSPS) is 12.5. The van der Waals surface area contributed by atoms with Crippen molar-refractivity contribution >= 4 is 12.1 Å². The number of benzene rings is 2. The number of ether oxygens (including phenoxy) is 2. The number of amides is 1. The zero-order valence-corrected chi connectivity index (χ0v) is 17.1. The van der Waals surface area contributed by atoms with Gasteiger partial charge in [0, 0.05) is 13.0 Å². The summed E-state index contributed by atoms with van der Waals surface area (Å²) in [7, 11) is 0. The highest BCUT2D eigenvalue weighted by molar-refractivity contribution is 5.72.